The number of amidine groups is 1. The van der Waals surface area contributed by atoms with Crippen LogP contribution in [0.3, 0.4) is 0 Å². The molecule has 0 fully saturated rings. The quantitative estimate of drug-likeness (QED) is 0.722. The van der Waals surface area contributed by atoms with Gasteiger partial charge in [0.05, 0.1) is 12.1 Å². The number of benzene rings is 1. The maximum Gasteiger partial charge on any atom is 0.336 e. The van der Waals surface area contributed by atoms with Gasteiger partial charge in [0.1, 0.15) is 5.84 Å². The van der Waals surface area contributed by atoms with Crippen LogP contribution in [0.2, 0.25) is 0 Å². The zero-order valence-electron chi connectivity index (χ0n) is 7.53. The average molecular weight is 190 g/mol. The number of carbonyl (C=O) groups is 1. The summed E-state index contributed by atoms with van der Waals surface area (Å²) in [5, 5.41) is 12.0. The van der Waals surface area contributed by atoms with E-state index in [1.165, 1.54) is 0 Å². The molecule has 0 radical (unpaired) electrons. The highest BCUT2D eigenvalue weighted by atomic mass is 16.4. The van der Waals surface area contributed by atoms with E-state index in [1.807, 2.05) is 6.07 Å². The van der Waals surface area contributed by atoms with Crippen LogP contribution >= 0.6 is 0 Å². The maximum absolute atomic E-state index is 10.9. The van der Waals surface area contributed by atoms with Crippen molar-refractivity contribution < 1.29 is 9.90 Å². The van der Waals surface area contributed by atoms with Crippen molar-refractivity contribution in [3.05, 3.63) is 35.4 Å². The number of hydrogen-bond donors (Lipinski definition) is 2. The van der Waals surface area contributed by atoms with Crippen molar-refractivity contribution >= 4 is 11.8 Å². The van der Waals surface area contributed by atoms with Crippen molar-refractivity contribution in [3.8, 4) is 0 Å². The molecule has 0 aromatic heterocycles. The van der Waals surface area contributed by atoms with Gasteiger partial charge in [-0.3, -0.25) is 4.99 Å². The Balaban J connectivity index is 2.46. The topological polar surface area (TPSA) is 61.7 Å². The lowest BCUT2D eigenvalue weighted by Crippen LogP contribution is -2.21. The van der Waals surface area contributed by atoms with Gasteiger partial charge in [-0.05, 0) is 6.07 Å². The van der Waals surface area contributed by atoms with Crippen LogP contribution in [-0.2, 0) is 0 Å². The molecule has 2 N–H and O–H groups in total. The molecule has 1 aromatic carbocycles. The van der Waals surface area contributed by atoms with E-state index in [-0.39, 0.29) is 0 Å². The molecule has 0 atom stereocenters. The lowest BCUT2D eigenvalue weighted by molar-refractivity contribution is 0.0696. The summed E-state index contributed by atoms with van der Waals surface area (Å²) in [4.78, 5) is 15.1. The van der Waals surface area contributed by atoms with Crippen molar-refractivity contribution in [2.45, 2.75) is 0 Å². The molecule has 0 amide bonds. The highest BCUT2D eigenvalue weighted by Gasteiger charge is 2.15. The first-order valence-corrected chi connectivity index (χ1v) is 4.40. The molecule has 4 heteroatoms. The fourth-order valence-electron chi connectivity index (χ4n) is 1.45. The van der Waals surface area contributed by atoms with Gasteiger partial charge < -0.3 is 10.4 Å². The smallest absolute Gasteiger partial charge is 0.336 e. The summed E-state index contributed by atoms with van der Waals surface area (Å²) in [5.74, 6) is -0.236. The van der Waals surface area contributed by atoms with Gasteiger partial charge in [0.15, 0.2) is 0 Å². The molecule has 0 bridgehead atoms. The first-order chi connectivity index (χ1) is 6.79. The van der Waals surface area contributed by atoms with Crippen LogP contribution in [0.1, 0.15) is 15.9 Å². The minimum absolute atomic E-state index is 0.292. The van der Waals surface area contributed by atoms with E-state index < -0.39 is 5.97 Å². The Bertz CT molecular complexity index is 399. The molecule has 1 aliphatic heterocycles. The van der Waals surface area contributed by atoms with Crippen LogP contribution in [0, 0.1) is 0 Å². The summed E-state index contributed by atoms with van der Waals surface area (Å²) in [6, 6.07) is 6.87. The van der Waals surface area contributed by atoms with Crippen molar-refractivity contribution in [1.82, 2.24) is 5.32 Å². The number of nitrogens with zero attached hydrogens (tertiary/aromatic N) is 1. The normalized spacial score (nSPS) is 14.7. The van der Waals surface area contributed by atoms with Crippen LogP contribution in [-0.4, -0.2) is 30.0 Å². The molecule has 1 aromatic rings. The predicted octanol–water partition coefficient (Wildman–Crippen LogP) is 0.735. The second kappa shape index (κ2) is 3.49. The summed E-state index contributed by atoms with van der Waals surface area (Å²) in [6.45, 7) is 1.49. The Hall–Kier alpha value is -1.84. The number of rotatable bonds is 2. The van der Waals surface area contributed by atoms with Gasteiger partial charge in [-0.15, -0.1) is 0 Å². The summed E-state index contributed by atoms with van der Waals surface area (Å²) in [7, 11) is 0. The van der Waals surface area contributed by atoms with E-state index in [0.717, 1.165) is 6.54 Å². The zero-order chi connectivity index (χ0) is 9.97. The minimum Gasteiger partial charge on any atom is -0.478 e. The zero-order valence-corrected chi connectivity index (χ0v) is 7.53. The van der Waals surface area contributed by atoms with Crippen LogP contribution in [0.15, 0.2) is 29.3 Å². The highest BCUT2D eigenvalue weighted by Crippen LogP contribution is 2.10. The first kappa shape index (κ1) is 8.74. The second-order valence-corrected chi connectivity index (χ2v) is 3.01. The number of nitrogens with one attached hydrogen (secondary N) is 1. The van der Waals surface area contributed by atoms with Gasteiger partial charge in [-0.1, -0.05) is 18.2 Å². The van der Waals surface area contributed by atoms with Gasteiger partial charge >= 0.3 is 5.97 Å². The molecular formula is C10H10N2O2. The third-order valence-electron chi connectivity index (χ3n) is 2.09. The molecule has 72 valence electrons. The molecule has 0 spiro atoms. The Morgan fingerprint density at radius 3 is 2.86 bits per heavy atom. The van der Waals surface area contributed by atoms with Gasteiger partial charge in [0, 0.05) is 12.1 Å². The molecule has 2 rings (SSSR count). The van der Waals surface area contributed by atoms with Gasteiger partial charge in [0.25, 0.3) is 0 Å². The van der Waals surface area contributed by atoms with Crippen molar-refractivity contribution in [1.29, 1.82) is 0 Å². The van der Waals surface area contributed by atoms with Crippen LogP contribution < -0.4 is 5.32 Å². The number of aromatic carboxylic acids is 1. The van der Waals surface area contributed by atoms with Crippen molar-refractivity contribution in [2.75, 3.05) is 13.1 Å². The van der Waals surface area contributed by atoms with E-state index in [0.29, 0.717) is 23.5 Å². The van der Waals surface area contributed by atoms with E-state index >= 15 is 0 Å². The third kappa shape index (κ3) is 1.46. The van der Waals surface area contributed by atoms with E-state index in [2.05, 4.69) is 10.3 Å². The number of carboxylic acid groups (broad SMARTS) is 1. The van der Waals surface area contributed by atoms with E-state index in [1.54, 1.807) is 18.2 Å². The molecule has 1 aliphatic rings. The van der Waals surface area contributed by atoms with Crippen molar-refractivity contribution in [3.63, 3.8) is 0 Å². The second-order valence-electron chi connectivity index (χ2n) is 3.01. The van der Waals surface area contributed by atoms with Crippen LogP contribution in [0.25, 0.3) is 0 Å². The van der Waals surface area contributed by atoms with Crippen LogP contribution in [0.5, 0.6) is 0 Å². The Morgan fingerprint density at radius 1 is 1.43 bits per heavy atom. The summed E-state index contributed by atoms with van der Waals surface area (Å²) in [5.41, 5.74) is 0.957. The molecule has 1 heterocycles. The fraction of sp³-hybridized carbons (Fsp3) is 0.200. The number of aliphatic imine (C=N–C) groups is 1. The molecule has 14 heavy (non-hydrogen) atoms. The summed E-state index contributed by atoms with van der Waals surface area (Å²) in [6.07, 6.45) is 0. The van der Waals surface area contributed by atoms with E-state index in [9.17, 15) is 4.79 Å². The minimum atomic E-state index is -0.919. The predicted molar refractivity (Wildman–Crippen MR) is 52.8 cm³/mol. The largest absolute Gasteiger partial charge is 0.478 e. The molecule has 0 unspecified atom stereocenters. The molecule has 0 saturated heterocycles. The summed E-state index contributed by atoms with van der Waals surface area (Å²) >= 11 is 0. The van der Waals surface area contributed by atoms with Crippen molar-refractivity contribution in [2.24, 2.45) is 4.99 Å². The lowest BCUT2D eigenvalue weighted by atomic mass is 10.1. The Kier molecular flexibility index (Phi) is 2.18. The Morgan fingerprint density at radius 2 is 2.21 bits per heavy atom. The fourth-order valence-corrected chi connectivity index (χ4v) is 1.45. The highest BCUT2D eigenvalue weighted by molar-refractivity contribution is 6.07. The van der Waals surface area contributed by atoms with Gasteiger partial charge in [-0.25, -0.2) is 4.79 Å². The standard InChI is InChI=1S/C10H10N2O2/c13-10(14)8-4-2-1-3-7(8)9-11-5-6-12-9/h1-4H,5-6H2,(H,11,12)(H,13,14). The molecule has 4 nitrogen and oxygen atoms in total. The van der Waals surface area contributed by atoms with Gasteiger partial charge in [-0.2, -0.15) is 0 Å². The Labute approximate surface area is 81.3 Å². The SMILES string of the molecule is O=C(O)c1ccccc1C1=NCCN1. The number of hydrogen-bond acceptors (Lipinski definition) is 3. The average Bonchev–Trinajstić information content (AvgIpc) is 2.70. The molecule has 0 aliphatic carbocycles. The maximum atomic E-state index is 10.9. The first-order valence-electron chi connectivity index (χ1n) is 4.40. The monoisotopic (exact) mass is 190 g/mol. The number of carboxylic acids is 1. The molecule has 0 saturated carbocycles. The van der Waals surface area contributed by atoms with E-state index in [4.69, 9.17) is 5.11 Å². The third-order valence-corrected chi connectivity index (χ3v) is 2.09. The lowest BCUT2D eigenvalue weighted by Gasteiger charge is -2.05. The molecular weight excluding hydrogens is 180 g/mol. The summed E-state index contributed by atoms with van der Waals surface area (Å²) < 4.78 is 0. The van der Waals surface area contributed by atoms with Gasteiger partial charge in [0.2, 0.25) is 0 Å². The van der Waals surface area contributed by atoms with Crippen LogP contribution in [0.4, 0.5) is 0 Å².